The number of carbonyl (C=O) groups is 1. The fourth-order valence-electron chi connectivity index (χ4n) is 4.02. The van der Waals surface area contributed by atoms with Crippen molar-refractivity contribution in [1.29, 1.82) is 0 Å². The summed E-state index contributed by atoms with van der Waals surface area (Å²) in [6, 6.07) is 5.55. The minimum Gasteiger partial charge on any atom is -0.483 e. The van der Waals surface area contributed by atoms with Gasteiger partial charge in [-0.25, -0.2) is 5.01 Å². The zero-order chi connectivity index (χ0) is 22.1. The molecule has 1 amide bonds. The molecule has 1 aliphatic heterocycles. The van der Waals surface area contributed by atoms with E-state index in [1.54, 1.807) is 6.07 Å². The summed E-state index contributed by atoms with van der Waals surface area (Å²) < 4.78 is 46.8. The Balaban J connectivity index is 1.82. The zero-order valence-corrected chi connectivity index (χ0v) is 17.6. The summed E-state index contributed by atoms with van der Waals surface area (Å²) in [5.74, 6) is -0.397. The summed E-state index contributed by atoms with van der Waals surface area (Å²) in [6.07, 6.45) is -1.50. The van der Waals surface area contributed by atoms with Gasteiger partial charge in [-0.3, -0.25) is 10.2 Å². The molecular formula is C22H29F3N2O3. The Kier molecular flexibility index (Phi) is 6.36. The number of halogens is 3. The van der Waals surface area contributed by atoms with Gasteiger partial charge in [0.25, 0.3) is 11.6 Å². The van der Waals surface area contributed by atoms with Crippen LogP contribution in [0.5, 0.6) is 5.75 Å². The molecule has 5 nitrogen and oxygen atoms in total. The number of ether oxygens (including phenoxy) is 1. The van der Waals surface area contributed by atoms with Crippen LogP contribution in [0.15, 0.2) is 29.5 Å². The van der Waals surface area contributed by atoms with E-state index in [-0.39, 0.29) is 5.92 Å². The van der Waals surface area contributed by atoms with Crippen molar-refractivity contribution in [1.82, 2.24) is 10.4 Å². The number of rotatable bonds is 4. The second kappa shape index (κ2) is 8.49. The Morgan fingerprint density at radius 2 is 1.93 bits per heavy atom. The van der Waals surface area contributed by atoms with Crippen LogP contribution in [0.2, 0.25) is 0 Å². The maximum Gasteiger partial charge on any atom is 0.438 e. The number of allylic oxidation sites excluding steroid dienone is 1. The van der Waals surface area contributed by atoms with Crippen molar-refractivity contribution in [3.63, 3.8) is 0 Å². The Bertz CT molecular complexity index is 827. The van der Waals surface area contributed by atoms with Crippen molar-refractivity contribution in [2.75, 3.05) is 6.61 Å². The van der Waals surface area contributed by atoms with Crippen LogP contribution in [0.1, 0.15) is 69.4 Å². The van der Waals surface area contributed by atoms with Crippen LogP contribution < -0.4 is 10.2 Å². The van der Waals surface area contributed by atoms with Gasteiger partial charge in [-0.1, -0.05) is 32.4 Å². The first-order chi connectivity index (χ1) is 14.0. The summed E-state index contributed by atoms with van der Waals surface area (Å²) >= 11 is 0. The predicted octanol–water partition coefficient (Wildman–Crippen LogP) is 4.70. The monoisotopic (exact) mass is 426 g/mol. The lowest BCUT2D eigenvalue weighted by Gasteiger charge is -2.33. The number of hydrazine groups is 1. The maximum absolute atomic E-state index is 13.7. The van der Waals surface area contributed by atoms with E-state index in [2.05, 4.69) is 5.43 Å². The largest absolute Gasteiger partial charge is 0.483 e. The van der Waals surface area contributed by atoms with Crippen LogP contribution in [0.4, 0.5) is 13.2 Å². The molecule has 2 aliphatic rings. The lowest BCUT2D eigenvalue weighted by Crippen LogP contribution is -2.60. The molecule has 1 heterocycles. The van der Waals surface area contributed by atoms with E-state index >= 15 is 0 Å². The number of nitrogens with one attached hydrogen (secondary N) is 1. The molecular weight excluding hydrogens is 397 g/mol. The fraction of sp³-hybridized carbons (Fsp3) is 0.591. The van der Waals surface area contributed by atoms with Gasteiger partial charge in [0.2, 0.25) is 0 Å². The van der Waals surface area contributed by atoms with E-state index in [9.17, 15) is 23.1 Å². The number of carbonyl (C=O) groups excluding carboxylic acids is 1. The van der Waals surface area contributed by atoms with Gasteiger partial charge in [-0.15, -0.1) is 0 Å². The van der Waals surface area contributed by atoms with Crippen molar-refractivity contribution in [2.24, 2.45) is 0 Å². The molecule has 1 aromatic rings. The molecule has 1 saturated carbocycles. The minimum absolute atomic E-state index is 0.121. The van der Waals surface area contributed by atoms with Gasteiger partial charge in [-0.05, 0) is 61.3 Å². The molecule has 1 aliphatic carbocycles. The number of hydrogen-bond acceptors (Lipinski definition) is 4. The summed E-state index contributed by atoms with van der Waals surface area (Å²) in [6.45, 7) is 5.18. The van der Waals surface area contributed by atoms with Crippen LogP contribution in [-0.2, 0) is 4.79 Å². The third-order valence-corrected chi connectivity index (χ3v) is 5.77. The summed E-state index contributed by atoms with van der Waals surface area (Å²) in [7, 11) is 0. The molecule has 1 atom stereocenters. The highest BCUT2D eigenvalue weighted by Crippen LogP contribution is 2.43. The summed E-state index contributed by atoms with van der Waals surface area (Å²) in [4.78, 5) is 12.7. The number of hydrogen-bond donors (Lipinski definition) is 2. The number of aryl methyl sites for hydroxylation is 1. The molecule has 30 heavy (non-hydrogen) atoms. The summed E-state index contributed by atoms with van der Waals surface area (Å²) in [5.41, 5.74) is 2.18. The van der Waals surface area contributed by atoms with Crippen molar-refractivity contribution >= 4 is 5.91 Å². The maximum atomic E-state index is 13.7. The Labute approximate surface area is 174 Å². The molecule has 166 valence electrons. The van der Waals surface area contributed by atoms with Crippen LogP contribution in [0.3, 0.4) is 0 Å². The van der Waals surface area contributed by atoms with E-state index in [1.165, 1.54) is 0 Å². The molecule has 8 heteroatoms. The zero-order valence-electron chi connectivity index (χ0n) is 17.6. The van der Waals surface area contributed by atoms with Crippen LogP contribution in [0, 0.1) is 6.92 Å². The van der Waals surface area contributed by atoms with E-state index in [1.807, 2.05) is 32.9 Å². The highest BCUT2D eigenvalue weighted by atomic mass is 19.4. The quantitative estimate of drug-likeness (QED) is 0.733. The van der Waals surface area contributed by atoms with Crippen LogP contribution in [-0.4, -0.2) is 34.5 Å². The standard InChI is InChI=1S/C22H29F3N2O3/c1-14(2)17-10-9-15(3)11-19(17)30-13-20(28)27-21(29,22(23,24)25)12-18(26-27)16-7-5-4-6-8-16/h9-11,14,26,29H,4-8,12-13H2,1-3H3/t21-/m0/s1. The first kappa shape index (κ1) is 22.5. The van der Waals surface area contributed by atoms with Crippen molar-refractivity contribution in [3.05, 3.63) is 40.6 Å². The molecule has 3 rings (SSSR count). The SMILES string of the molecule is Cc1ccc(C(C)C)c(OCC(=O)N2NC(=C3CCCCC3)C[C@]2(O)C(F)(F)F)c1. The Morgan fingerprint density at radius 1 is 1.27 bits per heavy atom. The highest BCUT2D eigenvalue weighted by Gasteiger charge is 2.63. The third-order valence-electron chi connectivity index (χ3n) is 5.77. The molecule has 2 fully saturated rings. The van der Waals surface area contributed by atoms with E-state index in [0.717, 1.165) is 36.0 Å². The molecule has 0 radical (unpaired) electrons. The molecule has 0 spiro atoms. The molecule has 2 N–H and O–H groups in total. The highest BCUT2D eigenvalue weighted by molar-refractivity contribution is 5.79. The van der Waals surface area contributed by atoms with Gasteiger partial charge in [0, 0.05) is 12.1 Å². The average molecular weight is 426 g/mol. The molecule has 0 bridgehead atoms. The smallest absolute Gasteiger partial charge is 0.438 e. The average Bonchev–Trinajstić information content (AvgIpc) is 3.05. The van der Waals surface area contributed by atoms with Gasteiger partial charge in [-0.2, -0.15) is 13.2 Å². The van der Waals surface area contributed by atoms with E-state index in [0.29, 0.717) is 29.3 Å². The first-order valence-corrected chi connectivity index (χ1v) is 10.4. The number of benzene rings is 1. The molecule has 1 aromatic carbocycles. The van der Waals surface area contributed by atoms with Crippen LogP contribution >= 0.6 is 0 Å². The second-order valence-corrected chi connectivity index (χ2v) is 8.46. The van der Waals surface area contributed by atoms with Gasteiger partial charge < -0.3 is 9.84 Å². The number of alkyl halides is 3. The minimum atomic E-state index is -5.00. The molecule has 0 unspecified atom stereocenters. The number of amides is 1. The van der Waals surface area contributed by atoms with Crippen molar-refractivity contribution < 1.29 is 27.8 Å². The Hall–Kier alpha value is -2.22. The normalized spacial score (nSPS) is 22.5. The lowest BCUT2D eigenvalue weighted by atomic mass is 9.91. The lowest BCUT2D eigenvalue weighted by molar-refractivity contribution is -0.304. The van der Waals surface area contributed by atoms with Gasteiger partial charge >= 0.3 is 6.18 Å². The Morgan fingerprint density at radius 3 is 2.53 bits per heavy atom. The third kappa shape index (κ3) is 4.43. The van der Waals surface area contributed by atoms with Crippen molar-refractivity contribution in [3.8, 4) is 5.75 Å². The number of aliphatic hydroxyl groups is 1. The summed E-state index contributed by atoms with van der Waals surface area (Å²) in [5, 5.41) is 10.8. The van der Waals surface area contributed by atoms with E-state index in [4.69, 9.17) is 4.74 Å². The second-order valence-electron chi connectivity index (χ2n) is 8.46. The van der Waals surface area contributed by atoms with E-state index < -0.39 is 30.8 Å². The predicted molar refractivity (Wildman–Crippen MR) is 106 cm³/mol. The van der Waals surface area contributed by atoms with Gasteiger partial charge in [0.1, 0.15) is 5.75 Å². The topological polar surface area (TPSA) is 61.8 Å². The van der Waals surface area contributed by atoms with Crippen LogP contribution in [0.25, 0.3) is 0 Å². The van der Waals surface area contributed by atoms with Gasteiger partial charge in [0.15, 0.2) is 6.61 Å². The molecule has 1 saturated heterocycles. The first-order valence-electron chi connectivity index (χ1n) is 10.4. The van der Waals surface area contributed by atoms with Gasteiger partial charge in [0.05, 0.1) is 0 Å². The van der Waals surface area contributed by atoms with Crippen molar-refractivity contribution in [2.45, 2.75) is 77.1 Å². The number of nitrogens with zero attached hydrogens (tertiary/aromatic N) is 1. The molecule has 0 aromatic heterocycles. The fourth-order valence-corrected chi connectivity index (χ4v) is 4.02.